The molecule has 1 aliphatic carbocycles. The van der Waals surface area contributed by atoms with Crippen LogP contribution < -0.4 is 5.32 Å². The quantitative estimate of drug-likeness (QED) is 0.758. The molecule has 1 N–H and O–H groups in total. The molecule has 0 unspecified atom stereocenters. The fourth-order valence-electron chi connectivity index (χ4n) is 2.18. The van der Waals surface area contributed by atoms with Crippen molar-refractivity contribution in [3.05, 3.63) is 35.4 Å². The van der Waals surface area contributed by atoms with Crippen molar-refractivity contribution >= 4 is 37.8 Å². The van der Waals surface area contributed by atoms with Crippen LogP contribution in [0.3, 0.4) is 0 Å². The van der Waals surface area contributed by atoms with Crippen molar-refractivity contribution in [2.24, 2.45) is 5.41 Å². The van der Waals surface area contributed by atoms with Crippen LogP contribution in [0.5, 0.6) is 0 Å². The van der Waals surface area contributed by atoms with Crippen LogP contribution in [0.1, 0.15) is 43.9 Å². The minimum Gasteiger partial charge on any atom is -0.349 e. The van der Waals surface area contributed by atoms with Crippen LogP contribution in [0.25, 0.3) is 0 Å². The van der Waals surface area contributed by atoms with Gasteiger partial charge in [-0.1, -0.05) is 68.6 Å². The van der Waals surface area contributed by atoms with Crippen LogP contribution in [0.2, 0.25) is 0 Å². The van der Waals surface area contributed by atoms with Gasteiger partial charge in [-0.25, -0.2) is 0 Å². The average Bonchev–Trinajstić information content (AvgIpc) is 2.88. The molecule has 0 spiro atoms. The van der Waals surface area contributed by atoms with Gasteiger partial charge < -0.3 is 5.32 Å². The van der Waals surface area contributed by atoms with Crippen molar-refractivity contribution in [3.63, 3.8) is 0 Å². The van der Waals surface area contributed by atoms with Crippen LogP contribution in [0.15, 0.2) is 24.3 Å². The third-order valence-corrected chi connectivity index (χ3v) is 6.26. The zero-order valence-corrected chi connectivity index (χ0v) is 14.6. The largest absolute Gasteiger partial charge is 0.349 e. The minimum absolute atomic E-state index is 0.0846. The molecule has 1 amide bonds. The molecule has 0 saturated heterocycles. The van der Waals surface area contributed by atoms with Gasteiger partial charge in [0.2, 0.25) is 5.91 Å². The number of benzene rings is 1. The van der Waals surface area contributed by atoms with Gasteiger partial charge in [-0.05, 0) is 32.3 Å². The molecule has 1 saturated carbocycles. The molecular formula is C15H19Br2NO. The number of carbonyl (C=O) groups excluding carboxylic acids is 1. The molecule has 19 heavy (non-hydrogen) atoms. The molecule has 2 atom stereocenters. The van der Waals surface area contributed by atoms with Gasteiger partial charge in [0.15, 0.2) is 0 Å². The van der Waals surface area contributed by atoms with E-state index in [2.05, 4.69) is 75.3 Å². The van der Waals surface area contributed by atoms with Crippen molar-refractivity contribution < 1.29 is 4.79 Å². The number of nitrogens with one attached hydrogen (secondary N) is 1. The first-order valence-electron chi connectivity index (χ1n) is 6.55. The summed E-state index contributed by atoms with van der Waals surface area (Å²) in [6.07, 6.45) is 1.71. The van der Waals surface area contributed by atoms with Crippen molar-refractivity contribution in [3.8, 4) is 0 Å². The Labute approximate surface area is 131 Å². The van der Waals surface area contributed by atoms with Crippen LogP contribution in [0.4, 0.5) is 0 Å². The summed E-state index contributed by atoms with van der Waals surface area (Å²) < 4.78 is -0.233. The van der Waals surface area contributed by atoms with E-state index in [0.29, 0.717) is 0 Å². The molecule has 4 heteroatoms. The molecule has 0 aromatic heterocycles. The predicted molar refractivity (Wildman–Crippen MR) is 85.7 cm³/mol. The zero-order chi connectivity index (χ0) is 14.3. The topological polar surface area (TPSA) is 29.1 Å². The van der Waals surface area contributed by atoms with Crippen LogP contribution in [-0.2, 0) is 4.79 Å². The highest BCUT2D eigenvalue weighted by Gasteiger charge is 2.66. The van der Waals surface area contributed by atoms with Crippen molar-refractivity contribution in [1.29, 1.82) is 0 Å². The van der Waals surface area contributed by atoms with E-state index in [1.165, 1.54) is 11.1 Å². The summed E-state index contributed by atoms with van der Waals surface area (Å²) in [5.41, 5.74) is 2.05. The summed E-state index contributed by atoms with van der Waals surface area (Å²) in [4.78, 5) is 12.4. The number of halogens is 2. The zero-order valence-electron chi connectivity index (χ0n) is 11.5. The summed E-state index contributed by atoms with van der Waals surface area (Å²) in [6, 6.07) is 8.44. The Morgan fingerprint density at radius 3 is 2.32 bits per heavy atom. The molecule has 1 aromatic carbocycles. The van der Waals surface area contributed by atoms with E-state index < -0.39 is 0 Å². The third-order valence-electron chi connectivity index (χ3n) is 3.95. The van der Waals surface area contributed by atoms with Crippen molar-refractivity contribution in [1.82, 2.24) is 5.32 Å². The Bertz CT molecular complexity index is 483. The molecule has 2 rings (SSSR count). The first-order chi connectivity index (χ1) is 8.80. The van der Waals surface area contributed by atoms with Gasteiger partial charge in [-0.3, -0.25) is 4.79 Å². The Balaban J connectivity index is 2.08. The number of carbonyl (C=O) groups is 1. The molecule has 104 valence electrons. The normalized spacial score (nSPS) is 25.7. The maximum atomic E-state index is 12.4. The third kappa shape index (κ3) is 2.89. The Kier molecular flexibility index (Phi) is 4.12. The van der Waals surface area contributed by atoms with Crippen molar-refractivity contribution in [2.75, 3.05) is 0 Å². The highest BCUT2D eigenvalue weighted by Crippen LogP contribution is 2.66. The average molecular weight is 389 g/mol. The molecule has 1 aliphatic rings. The Morgan fingerprint density at radius 2 is 1.89 bits per heavy atom. The fraction of sp³-hybridized carbons (Fsp3) is 0.533. The summed E-state index contributed by atoms with van der Waals surface area (Å²) in [5, 5.41) is 3.16. The van der Waals surface area contributed by atoms with Crippen LogP contribution in [-0.4, -0.2) is 9.14 Å². The molecule has 0 radical (unpaired) electrons. The second-order valence-corrected chi connectivity index (χ2v) is 9.33. The smallest absolute Gasteiger partial charge is 0.228 e. The molecule has 0 bridgehead atoms. The van der Waals surface area contributed by atoms with Gasteiger partial charge in [0, 0.05) is 0 Å². The highest BCUT2D eigenvalue weighted by atomic mass is 79.9. The lowest BCUT2D eigenvalue weighted by Crippen LogP contribution is -2.35. The molecule has 0 heterocycles. The monoisotopic (exact) mass is 387 g/mol. The van der Waals surface area contributed by atoms with E-state index in [9.17, 15) is 4.79 Å². The van der Waals surface area contributed by atoms with Gasteiger partial charge in [-0.15, -0.1) is 0 Å². The highest BCUT2D eigenvalue weighted by molar-refractivity contribution is 9.25. The number of aryl methyl sites for hydroxylation is 1. The van der Waals surface area contributed by atoms with E-state index in [1.807, 2.05) is 6.92 Å². The summed E-state index contributed by atoms with van der Waals surface area (Å²) in [6.45, 7) is 6.14. The van der Waals surface area contributed by atoms with E-state index in [4.69, 9.17) is 0 Å². The molecule has 0 aliphatic heterocycles. The number of amides is 1. The van der Waals surface area contributed by atoms with Gasteiger partial charge in [0.1, 0.15) is 0 Å². The van der Waals surface area contributed by atoms with E-state index >= 15 is 0 Å². The lowest BCUT2D eigenvalue weighted by Gasteiger charge is -2.21. The minimum atomic E-state index is -0.356. The second-order valence-electron chi connectivity index (χ2n) is 5.56. The number of alkyl halides is 2. The Morgan fingerprint density at radius 1 is 1.37 bits per heavy atom. The van der Waals surface area contributed by atoms with Crippen LogP contribution >= 0.6 is 31.9 Å². The number of rotatable bonds is 4. The van der Waals surface area contributed by atoms with E-state index in [-0.39, 0.29) is 20.6 Å². The first-order valence-corrected chi connectivity index (χ1v) is 8.14. The summed E-state index contributed by atoms with van der Waals surface area (Å²) in [5.74, 6) is 0.105. The maximum Gasteiger partial charge on any atom is 0.228 e. The van der Waals surface area contributed by atoms with Gasteiger partial charge in [0.25, 0.3) is 0 Å². The number of hydrogen-bond donors (Lipinski definition) is 1. The lowest BCUT2D eigenvalue weighted by molar-refractivity contribution is -0.126. The fourth-order valence-corrected chi connectivity index (χ4v) is 3.67. The lowest BCUT2D eigenvalue weighted by atomic mass is 10.0. The Hall–Kier alpha value is -0.350. The van der Waals surface area contributed by atoms with E-state index in [0.717, 1.165) is 12.8 Å². The summed E-state index contributed by atoms with van der Waals surface area (Å²) in [7, 11) is 0. The first kappa shape index (κ1) is 15.0. The summed E-state index contributed by atoms with van der Waals surface area (Å²) >= 11 is 7.09. The molecule has 1 fully saturated rings. The second kappa shape index (κ2) is 5.21. The molecule has 2 nitrogen and oxygen atoms in total. The van der Waals surface area contributed by atoms with Crippen molar-refractivity contribution in [2.45, 2.75) is 42.9 Å². The van der Waals surface area contributed by atoms with Gasteiger partial charge in [-0.2, -0.15) is 0 Å². The molecule has 1 aromatic rings. The number of hydrogen-bond acceptors (Lipinski definition) is 1. The molecular weight excluding hydrogens is 370 g/mol. The maximum absolute atomic E-state index is 12.4. The SMILES string of the molecule is CC[C@@H](NC(=O)[C@@]1(C)CC1(Br)Br)c1ccc(C)cc1. The van der Waals surface area contributed by atoms with Gasteiger partial charge >= 0.3 is 0 Å². The van der Waals surface area contributed by atoms with Crippen LogP contribution in [0, 0.1) is 12.3 Å². The van der Waals surface area contributed by atoms with Gasteiger partial charge in [0.05, 0.1) is 14.7 Å². The van der Waals surface area contributed by atoms with E-state index in [1.54, 1.807) is 0 Å². The standard InChI is InChI=1S/C15H19Br2NO/c1-4-12(11-7-5-10(2)6-8-11)18-13(19)14(3)9-15(14,16)17/h5-8,12H,4,9H2,1-3H3,(H,18,19)/t12-,14-/m1/s1. The predicted octanol–water partition coefficient (Wildman–Crippen LogP) is 4.46.